The molecule has 1 atom stereocenters. The van der Waals surface area contributed by atoms with E-state index in [1.54, 1.807) is 12.1 Å². The van der Waals surface area contributed by atoms with E-state index < -0.39 is 11.9 Å². The summed E-state index contributed by atoms with van der Waals surface area (Å²) in [5.74, 6) is -0.296. The Morgan fingerprint density at radius 2 is 1.35 bits per heavy atom. The molecule has 1 amide bonds. The number of aryl methyl sites for hydroxylation is 1. The predicted octanol–water partition coefficient (Wildman–Crippen LogP) is 6.55. The lowest BCUT2D eigenvalue weighted by Crippen LogP contribution is -2.57. The number of ether oxygens (including phenoxy) is 2. The van der Waals surface area contributed by atoms with Gasteiger partial charge in [-0.25, -0.2) is 19.7 Å². The molecular formula is C31H27N3O3. The average Bonchev–Trinajstić information content (AvgIpc) is 2.95. The molecular weight excluding hydrogens is 462 g/mol. The Bertz CT molecular complexity index is 1420. The normalized spacial score (nSPS) is 17.1. The lowest BCUT2D eigenvalue weighted by molar-refractivity contribution is -0.112. The van der Waals surface area contributed by atoms with Gasteiger partial charge < -0.3 is 9.47 Å². The van der Waals surface area contributed by atoms with Crippen molar-refractivity contribution in [2.24, 2.45) is 9.98 Å². The lowest BCUT2D eigenvalue weighted by atomic mass is 10.0. The number of amides is 1. The van der Waals surface area contributed by atoms with Gasteiger partial charge in [0.2, 0.25) is 0 Å². The Morgan fingerprint density at radius 1 is 0.784 bits per heavy atom. The standard InChI is InChI=1S/C31H27N3O3/c1-3-36-31(26-17-11-6-12-18-26)33-28(24-13-7-4-8-14-24)32-29(25-15-9-5-10-16-25)34(31)30(35)37-27-21-19-23(2)20-22-27/h4-22H,3H2,1-2H3. The van der Waals surface area contributed by atoms with Crippen LogP contribution in [0.1, 0.15) is 29.2 Å². The van der Waals surface area contributed by atoms with Gasteiger partial charge in [0.1, 0.15) is 5.75 Å². The first-order chi connectivity index (χ1) is 18.1. The highest BCUT2D eigenvalue weighted by molar-refractivity contribution is 6.17. The van der Waals surface area contributed by atoms with Crippen LogP contribution in [0.15, 0.2) is 125 Å². The molecule has 4 aromatic carbocycles. The first kappa shape index (κ1) is 24.2. The summed E-state index contributed by atoms with van der Waals surface area (Å²) in [6.45, 7) is 4.14. The van der Waals surface area contributed by atoms with Crippen LogP contribution >= 0.6 is 0 Å². The molecule has 0 bridgehead atoms. The number of nitrogens with zero attached hydrogens (tertiary/aromatic N) is 3. The van der Waals surface area contributed by atoms with Gasteiger partial charge in [0.25, 0.3) is 5.85 Å². The highest BCUT2D eigenvalue weighted by Crippen LogP contribution is 2.38. The molecule has 0 N–H and O–H groups in total. The fraction of sp³-hybridized carbons (Fsp3) is 0.129. The van der Waals surface area contributed by atoms with E-state index in [9.17, 15) is 4.79 Å². The Kier molecular flexibility index (Phi) is 6.92. The maximum atomic E-state index is 14.0. The molecule has 6 nitrogen and oxygen atoms in total. The average molecular weight is 490 g/mol. The van der Waals surface area contributed by atoms with E-state index >= 15 is 0 Å². The largest absolute Gasteiger partial charge is 0.425 e. The van der Waals surface area contributed by atoms with Gasteiger partial charge in [-0.15, -0.1) is 0 Å². The van der Waals surface area contributed by atoms with E-state index in [1.165, 1.54) is 4.90 Å². The van der Waals surface area contributed by atoms with Gasteiger partial charge in [-0.05, 0) is 26.0 Å². The van der Waals surface area contributed by atoms with Gasteiger partial charge in [0, 0.05) is 23.3 Å². The summed E-state index contributed by atoms with van der Waals surface area (Å²) >= 11 is 0. The fourth-order valence-corrected chi connectivity index (χ4v) is 4.20. The summed E-state index contributed by atoms with van der Waals surface area (Å²) in [5, 5.41) is 0. The van der Waals surface area contributed by atoms with E-state index in [-0.39, 0.29) is 6.61 Å². The third-order valence-electron chi connectivity index (χ3n) is 5.95. The summed E-state index contributed by atoms with van der Waals surface area (Å²) in [6.07, 6.45) is -0.653. The maximum absolute atomic E-state index is 14.0. The second kappa shape index (κ2) is 10.6. The minimum Gasteiger partial charge on any atom is -0.410 e. The van der Waals surface area contributed by atoms with Crippen LogP contribution in [0.2, 0.25) is 0 Å². The van der Waals surface area contributed by atoms with Crippen molar-refractivity contribution in [1.29, 1.82) is 0 Å². The third-order valence-corrected chi connectivity index (χ3v) is 5.95. The molecule has 0 aromatic heterocycles. The van der Waals surface area contributed by atoms with Crippen LogP contribution < -0.4 is 4.74 Å². The van der Waals surface area contributed by atoms with Crippen molar-refractivity contribution in [3.63, 3.8) is 0 Å². The van der Waals surface area contributed by atoms with Gasteiger partial charge in [-0.3, -0.25) is 0 Å². The zero-order chi connectivity index (χ0) is 25.7. The van der Waals surface area contributed by atoms with Crippen molar-refractivity contribution in [3.8, 4) is 5.75 Å². The number of carbonyl (C=O) groups is 1. The van der Waals surface area contributed by atoms with E-state index in [2.05, 4.69) is 0 Å². The molecule has 0 fully saturated rings. The first-order valence-corrected chi connectivity index (χ1v) is 12.2. The molecule has 1 aliphatic heterocycles. The van der Waals surface area contributed by atoms with E-state index in [0.717, 1.165) is 16.7 Å². The number of carbonyl (C=O) groups excluding carboxylic acids is 1. The molecule has 1 aliphatic rings. The smallest absolute Gasteiger partial charge is 0.410 e. The van der Waals surface area contributed by atoms with Gasteiger partial charge in [0.15, 0.2) is 11.7 Å². The van der Waals surface area contributed by atoms with E-state index in [4.69, 9.17) is 19.5 Å². The summed E-state index contributed by atoms with van der Waals surface area (Å²) in [4.78, 5) is 25.3. The zero-order valence-electron chi connectivity index (χ0n) is 20.7. The van der Waals surface area contributed by atoms with E-state index in [1.807, 2.05) is 117 Å². The Balaban J connectivity index is 1.74. The molecule has 1 heterocycles. The molecule has 0 saturated carbocycles. The lowest BCUT2D eigenvalue weighted by Gasteiger charge is -2.42. The summed E-state index contributed by atoms with van der Waals surface area (Å²) in [5.41, 5.74) is 3.28. The molecule has 37 heavy (non-hydrogen) atoms. The van der Waals surface area contributed by atoms with Crippen molar-refractivity contribution < 1.29 is 14.3 Å². The number of hydrogen-bond acceptors (Lipinski definition) is 5. The Morgan fingerprint density at radius 3 is 1.95 bits per heavy atom. The quantitative estimate of drug-likeness (QED) is 0.309. The minimum absolute atomic E-state index is 0.289. The van der Waals surface area contributed by atoms with Crippen molar-refractivity contribution in [2.45, 2.75) is 19.7 Å². The molecule has 184 valence electrons. The van der Waals surface area contributed by atoms with Crippen molar-refractivity contribution >= 4 is 17.8 Å². The van der Waals surface area contributed by atoms with Crippen LogP contribution in [0.3, 0.4) is 0 Å². The second-order valence-corrected chi connectivity index (χ2v) is 8.53. The van der Waals surface area contributed by atoms with Gasteiger partial charge in [-0.1, -0.05) is 109 Å². The Labute approximate surface area is 216 Å². The number of rotatable bonds is 6. The monoisotopic (exact) mass is 489 g/mol. The predicted molar refractivity (Wildman–Crippen MR) is 145 cm³/mol. The fourth-order valence-electron chi connectivity index (χ4n) is 4.20. The van der Waals surface area contributed by atoms with Crippen LogP contribution in [0.25, 0.3) is 0 Å². The molecule has 6 heteroatoms. The molecule has 4 aromatic rings. The van der Waals surface area contributed by atoms with Crippen molar-refractivity contribution in [3.05, 3.63) is 138 Å². The van der Waals surface area contributed by atoms with Crippen LogP contribution in [0.5, 0.6) is 5.75 Å². The van der Waals surface area contributed by atoms with Gasteiger partial charge in [-0.2, -0.15) is 0 Å². The zero-order valence-corrected chi connectivity index (χ0v) is 20.7. The number of amidine groups is 2. The molecule has 0 aliphatic carbocycles. The molecule has 5 rings (SSSR count). The number of hydrogen-bond donors (Lipinski definition) is 0. The Hall–Kier alpha value is -4.55. The van der Waals surface area contributed by atoms with Crippen LogP contribution in [-0.2, 0) is 10.6 Å². The highest BCUT2D eigenvalue weighted by Gasteiger charge is 2.49. The number of aliphatic imine (C=N–C) groups is 2. The second-order valence-electron chi connectivity index (χ2n) is 8.53. The third kappa shape index (κ3) is 4.92. The van der Waals surface area contributed by atoms with E-state index in [0.29, 0.717) is 23.0 Å². The first-order valence-electron chi connectivity index (χ1n) is 12.2. The SMILES string of the molecule is CCOC1(c2ccccc2)N=C(c2ccccc2)N=C(c2ccccc2)N1C(=O)Oc1ccc(C)cc1. The minimum atomic E-state index is -1.55. The molecule has 0 radical (unpaired) electrons. The van der Waals surface area contributed by atoms with Crippen LogP contribution in [0.4, 0.5) is 4.79 Å². The molecule has 0 saturated heterocycles. The van der Waals surface area contributed by atoms with Gasteiger partial charge >= 0.3 is 6.09 Å². The van der Waals surface area contributed by atoms with Gasteiger partial charge in [0.05, 0.1) is 0 Å². The summed E-state index contributed by atoms with van der Waals surface area (Å²) in [7, 11) is 0. The van der Waals surface area contributed by atoms with Crippen molar-refractivity contribution in [2.75, 3.05) is 6.61 Å². The maximum Gasteiger partial charge on any atom is 0.425 e. The highest BCUT2D eigenvalue weighted by atomic mass is 16.6. The topological polar surface area (TPSA) is 63.5 Å². The number of benzene rings is 4. The van der Waals surface area contributed by atoms with Crippen LogP contribution in [-0.4, -0.2) is 29.3 Å². The summed E-state index contributed by atoms with van der Waals surface area (Å²) < 4.78 is 12.3. The summed E-state index contributed by atoms with van der Waals surface area (Å²) in [6, 6.07) is 36.0. The van der Waals surface area contributed by atoms with Crippen molar-refractivity contribution in [1.82, 2.24) is 4.90 Å². The van der Waals surface area contributed by atoms with Crippen LogP contribution in [0, 0.1) is 6.92 Å². The molecule has 1 unspecified atom stereocenters. The molecule has 0 spiro atoms.